The summed E-state index contributed by atoms with van der Waals surface area (Å²) >= 11 is 0. The highest BCUT2D eigenvalue weighted by molar-refractivity contribution is 5.76. The highest BCUT2D eigenvalue weighted by atomic mass is 16.8. The molecule has 17 unspecified atom stereocenters. The van der Waals surface area contributed by atoms with Gasteiger partial charge in [0.05, 0.1) is 38.6 Å². The van der Waals surface area contributed by atoms with E-state index in [2.05, 4.69) is 43.5 Å². The third kappa shape index (κ3) is 29.1. The molecule has 17 atom stereocenters. The number of carbonyl (C=O) groups excluding carboxylic acids is 1. The van der Waals surface area contributed by atoms with E-state index in [0.29, 0.717) is 12.8 Å². The van der Waals surface area contributed by atoms with Gasteiger partial charge in [-0.15, -0.1) is 0 Å². The lowest BCUT2D eigenvalue weighted by molar-refractivity contribution is -0.379. The molecule has 3 aliphatic rings. The molecule has 12 N–H and O–H groups in total. The van der Waals surface area contributed by atoms with Gasteiger partial charge in [0.1, 0.15) is 73.2 Å². The zero-order valence-corrected chi connectivity index (χ0v) is 50.2. The largest absolute Gasteiger partial charge is 0.394 e. The maximum atomic E-state index is 13.2. The number of ether oxygens (including phenoxy) is 6. The molecule has 3 saturated heterocycles. The summed E-state index contributed by atoms with van der Waals surface area (Å²) in [6.07, 6.45) is 24.7. The molecule has 480 valence electrons. The number of aliphatic hydroxyl groups is 11. The number of unbranched alkanes of at least 4 members (excludes halogenated alkanes) is 28. The van der Waals surface area contributed by atoms with Crippen molar-refractivity contribution < 1.29 is 89.4 Å². The van der Waals surface area contributed by atoms with Gasteiger partial charge in [0, 0.05) is 6.42 Å². The lowest BCUT2D eigenvalue weighted by atomic mass is 9.96. The van der Waals surface area contributed by atoms with E-state index in [1.54, 1.807) is 6.08 Å². The SMILES string of the molecule is CCCCCCCCCCCCCCCCCCCCC/C=C/CC/C=C/CC/C=C/C(O)C(COC1OC(CO)C(OC2OC(CO)C(OC3OC(CO)C(O)C(O)C3O)C(O)C2O)C(O)C1O)NC(=O)CCCCCCCCCC. The molecule has 3 heterocycles. The Balaban J connectivity index is 1.41. The van der Waals surface area contributed by atoms with Gasteiger partial charge in [0.15, 0.2) is 18.9 Å². The minimum Gasteiger partial charge on any atom is -0.394 e. The quantitative estimate of drug-likeness (QED) is 0.0218. The van der Waals surface area contributed by atoms with Crippen LogP contribution in [0, 0.1) is 0 Å². The topological polar surface area (TPSA) is 307 Å². The molecule has 1 amide bonds. The number of allylic oxidation sites excluding steroid dienone is 5. The number of hydrogen-bond acceptors (Lipinski definition) is 18. The third-order valence-electron chi connectivity index (χ3n) is 16.2. The van der Waals surface area contributed by atoms with E-state index in [1.165, 1.54) is 141 Å². The predicted molar refractivity (Wildman–Crippen MR) is 314 cm³/mol. The lowest BCUT2D eigenvalue weighted by Crippen LogP contribution is -2.66. The van der Waals surface area contributed by atoms with Crippen LogP contribution in [0.25, 0.3) is 0 Å². The fourth-order valence-corrected chi connectivity index (χ4v) is 10.9. The molecular formula is C63H115NO18. The highest BCUT2D eigenvalue weighted by Crippen LogP contribution is 2.33. The zero-order chi connectivity index (χ0) is 59.7. The number of carbonyl (C=O) groups is 1. The van der Waals surface area contributed by atoms with Gasteiger partial charge in [-0.2, -0.15) is 0 Å². The Morgan fingerprint density at radius 3 is 1.22 bits per heavy atom. The van der Waals surface area contributed by atoms with Crippen LogP contribution in [0.3, 0.4) is 0 Å². The molecule has 82 heavy (non-hydrogen) atoms. The summed E-state index contributed by atoms with van der Waals surface area (Å²) in [5.74, 6) is -0.295. The Kier molecular flexibility index (Phi) is 41.8. The minimum atomic E-state index is -1.98. The van der Waals surface area contributed by atoms with Crippen molar-refractivity contribution in [1.82, 2.24) is 5.32 Å². The molecule has 19 heteroatoms. The van der Waals surface area contributed by atoms with Crippen molar-refractivity contribution in [1.29, 1.82) is 0 Å². The van der Waals surface area contributed by atoms with Crippen LogP contribution in [0.15, 0.2) is 36.5 Å². The van der Waals surface area contributed by atoms with Crippen molar-refractivity contribution in [3.8, 4) is 0 Å². The number of hydrogen-bond donors (Lipinski definition) is 12. The Morgan fingerprint density at radius 1 is 0.427 bits per heavy atom. The second kappa shape index (κ2) is 46.2. The van der Waals surface area contributed by atoms with Gasteiger partial charge >= 0.3 is 0 Å². The molecule has 0 aromatic heterocycles. The van der Waals surface area contributed by atoms with Crippen molar-refractivity contribution in [3.05, 3.63) is 36.5 Å². The van der Waals surface area contributed by atoms with Gasteiger partial charge in [-0.3, -0.25) is 4.79 Å². The number of amides is 1. The third-order valence-corrected chi connectivity index (χ3v) is 16.2. The van der Waals surface area contributed by atoms with Crippen LogP contribution < -0.4 is 5.32 Å². The second-order valence-electron chi connectivity index (χ2n) is 23.2. The molecular weight excluding hydrogens is 1060 g/mol. The van der Waals surface area contributed by atoms with Gasteiger partial charge in [-0.05, 0) is 44.9 Å². The van der Waals surface area contributed by atoms with Crippen molar-refractivity contribution in [2.45, 2.75) is 330 Å². The molecule has 3 fully saturated rings. The summed E-state index contributed by atoms with van der Waals surface area (Å²) in [5, 5.41) is 120. The average molecular weight is 1170 g/mol. The van der Waals surface area contributed by atoms with Crippen LogP contribution in [0.5, 0.6) is 0 Å². The molecule has 0 spiro atoms. The monoisotopic (exact) mass is 1170 g/mol. The smallest absolute Gasteiger partial charge is 0.220 e. The second-order valence-corrected chi connectivity index (χ2v) is 23.2. The van der Waals surface area contributed by atoms with E-state index in [4.69, 9.17) is 28.4 Å². The molecule has 0 bridgehead atoms. The molecule has 0 saturated carbocycles. The molecule has 0 aromatic rings. The summed E-state index contributed by atoms with van der Waals surface area (Å²) in [4.78, 5) is 13.2. The van der Waals surface area contributed by atoms with Crippen LogP contribution in [0.1, 0.15) is 226 Å². The minimum absolute atomic E-state index is 0.232. The number of aliphatic hydroxyl groups excluding tert-OH is 11. The van der Waals surface area contributed by atoms with E-state index in [1.807, 2.05) is 6.08 Å². The van der Waals surface area contributed by atoms with Gasteiger partial charge in [-0.1, -0.05) is 211 Å². The van der Waals surface area contributed by atoms with E-state index in [9.17, 15) is 61.0 Å². The van der Waals surface area contributed by atoms with Crippen LogP contribution >= 0.6 is 0 Å². The maximum Gasteiger partial charge on any atom is 0.220 e. The summed E-state index contributed by atoms with van der Waals surface area (Å²) in [6.45, 7) is 1.66. The molecule has 3 aliphatic heterocycles. The van der Waals surface area contributed by atoms with E-state index in [-0.39, 0.29) is 18.9 Å². The standard InChI is InChI=1S/C63H115NO18/c1-3-5-7-9-11-13-14-15-16-17-18-19-20-21-22-23-24-25-26-27-28-29-30-31-32-33-34-36-38-40-47(68)46(64-51(69)41-39-37-35-12-10-8-6-4-2)45-77-61-57(75)54(72)59(49(43-66)79-61)82-63-58(76)55(73)60(50(44-67)80-63)81-62-56(74)53(71)52(70)48(42-65)78-62/h28-29,32-33,38,40,46-50,52-63,65-68,70-76H,3-27,30-31,34-37,39,41-45H2,1-2H3,(H,64,69)/b29-28+,33-32+,40-38+. The average Bonchev–Trinajstić information content (AvgIpc) is 3.65. The van der Waals surface area contributed by atoms with Crippen LogP contribution in [0.4, 0.5) is 0 Å². The predicted octanol–water partition coefficient (Wildman–Crippen LogP) is 6.88. The van der Waals surface area contributed by atoms with E-state index in [0.717, 1.165) is 51.4 Å². The first-order chi connectivity index (χ1) is 39.8. The van der Waals surface area contributed by atoms with Crippen LogP contribution in [-0.4, -0.2) is 193 Å². The van der Waals surface area contributed by atoms with Crippen molar-refractivity contribution in [3.63, 3.8) is 0 Å². The van der Waals surface area contributed by atoms with Crippen LogP contribution in [0.2, 0.25) is 0 Å². The summed E-state index contributed by atoms with van der Waals surface area (Å²) in [7, 11) is 0. The fraction of sp³-hybridized carbons (Fsp3) is 0.889. The Morgan fingerprint density at radius 2 is 0.780 bits per heavy atom. The van der Waals surface area contributed by atoms with Crippen molar-refractivity contribution in [2.75, 3.05) is 26.4 Å². The van der Waals surface area contributed by atoms with Gasteiger partial charge in [0.2, 0.25) is 5.91 Å². The Hall–Kier alpha value is -1.99. The molecule has 19 nitrogen and oxygen atoms in total. The van der Waals surface area contributed by atoms with E-state index < -0.39 is 124 Å². The van der Waals surface area contributed by atoms with Gasteiger partial charge in [-0.25, -0.2) is 0 Å². The first-order valence-corrected chi connectivity index (χ1v) is 32.2. The first kappa shape index (κ1) is 74.3. The van der Waals surface area contributed by atoms with Crippen molar-refractivity contribution in [2.24, 2.45) is 0 Å². The molecule has 3 rings (SSSR count). The normalized spacial score (nSPS) is 29.8. The zero-order valence-electron chi connectivity index (χ0n) is 50.2. The maximum absolute atomic E-state index is 13.2. The molecule has 0 aromatic carbocycles. The van der Waals surface area contributed by atoms with Gasteiger partial charge < -0.3 is 89.9 Å². The first-order valence-electron chi connectivity index (χ1n) is 32.2. The van der Waals surface area contributed by atoms with Gasteiger partial charge in [0.25, 0.3) is 0 Å². The Labute approximate surface area is 491 Å². The summed E-state index contributed by atoms with van der Waals surface area (Å²) in [6, 6.07) is -0.991. The highest BCUT2D eigenvalue weighted by Gasteiger charge is 2.53. The molecule has 0 radical (unpaired) electrons. The lowest BCUT2D eigenvalue weighted by Gasteiger charge is -2.48. The van der Waals surface area contributed by atoms with Crippen LogP contribution in [-0.2, 0) is 33.2 Å². The van der Waals surface area contributed by atoms with E-state index >= 15 is 0 Å². The Bertz CT molecular complexity index is 1640. The summed E-state index contributed by atoms with van der Waals surface area (Å²) in [5.41, 5.74) is 0. The number of rotatable bonds is 48. The summed E-state index contributed by atoms with van der Waals surface area (Å²) < 4.78 is 34.2. The number of nitrogens with one attached hydrogen (secondary N) is 1. The molecule has 0 aliphatic carbocycles. The van der Waals surface area contributed by atoms with Crippen molar-refractivity contribution >= 4 is 5.91 Å². The fourth-order valence-electron chi connectivity index (χ4n) is 10.9.